The second-order valence-corrected chi connectivity index (χ2v) is 8.40. The van der Waals surface area contributed by atoms with Crippen LogP contribution in [0.25, 0.3) is 10.2 Å². The summed E-state index contributed by atoms with van der Waals surface area (Å²) in [6, 6.07) is 6.75. The van der Waals surface area contributed by atoms with Crippen molar-refractivity contribution in [2.45, 2.75) is 46.1 Å². The summed E-state index contributed by atoms with van der Waals surface area (Å²) in [6.45, 7) is 7.50. The Morgan fingerprint density at radius 2 is 2.00 bits per heavy atom. The zero-order valence-corrected chi connectivity index (χ0v) is 17.3. The first-order valence-corrected chi connectivity index (χ1v) is 10.9. The number of thiophene rings is 1. The van der Waals surface area contributed by atoms with Crippen molar-refractivity contribution in [1.82, 2.24) is 14.5 Å². The van der Waals surface area contributed by atoms with E-state index in [0.717, 1.165) is 49.1 Å². The molecule has 1 aliphatic carbocycles. The molecule has 0 bridgehead atoms. The van der Waals surface area contributed by atoms with Gasteiger partial charge >= 0.3 is 0 Å². The minimum absolute atomic E-state index is 0.0443. The van der Waals surface area contributed by atoms with Gasteiger partial charge in [0.1, 0.15) is 16.5 Å². The van der Waals surface area contributed by atoms with Gasteiger partial charge in [0.25, 0.3) is 5.56 Å². The molecule has 0 unspecified atom stereocenters. The normalized spacial score (nSPS) is 13.6. The van der Waals surface area contributed by atoms with Crippen LogP contribution in [-0.4, -0.2) is 34.1 Å². The minimum Gasteiger partial charge on any atom is -0.302 e. The number of benzene rings is 1. The summed E-state index contributed by atoms with van der Waals surface area (Å²) in [6.07, 6.45) is 3.46. The maximum atomic E-state index is 14.3. The van der Waals surface area contributed by atoms with Gasteiger partial charge in [0, 0.05) is 24.4 Å². The van der Waals surface area contributed by atoms with Gasteiger partial charge in [0.05, 0.1) is 5.39 Å². The molecule has 2 aromatic heterocycles. The molecule has 0 fully saturated rings. The predicted molar refractivity (Wildman–Crippen MR) is 113 cm³/mol. The molecule has 1 aliphatic rings. The summed E-state index contributed by atoms with van der Waals surface area (Å²) < 4.78 is 16.0. The van der Waals surface area contributed by atoms with Crippen molar-refractivity contribution in [3.05, 3.63) is 62.3 Å². The fraction of sp³-hybridized carbons (Fsp3) is 0.455. The highest BCUT2D eigenvalue weighted by Crippen LogP contribution is 2.35. The fourth-order valence-electron chi connectivity index (χ4n) is 4.08. The molecule has 6 heteroatoms. The molecule has 1 aromatic carbocycles. The SMILES string of the molecule is CCN(CC)CCn1c(Cc2ccccc2F)nc2sc3c(c2c1=O)CCC3. The molecule has 2 heterocycles. The molecular weight excluding hydrogens is 373 g/mol. The van der Waals surface area contributed by atoms with Crippen molar-refractivity contribution in [2.75, 3.05) is 19.6 Å². The van der Waals surface area contributed by atoms with Crippen LogP contribution in [0.5, 0.6) is 0 Å². The average molecular weight is 400 g/mol. The van der Waals surface area contributed by atoms with Crippen molar-refractivity contribution in [1.29, 1.82) is 0 Å². The summed E-state index contributed by atoms with van der Waals surface area (Å²) in [4.78, 5) is 22.7. The Hall–Kier alpha value is -2.05. The zero-order chi connectivity index (χ0) is 19.7. The highest BCUT2D eigenvalue weighted by molar-refractivity contribution is 7.18. The van der Waals surface area contributed by atoms with Crippen molar-refractivity contribution >= 4 is 21.6 Å². The molecule has 28 heavy (non-hydrogen) atoms. The van der Waals surface area contributed by atoms with E-state index in [1.165, 1.54) is 16.5 Å². The number of hydrogen-bond donors (Lipinski definition) is 0. The molecule has 0 amide bonds. The number of rotatable bonds is 7. The van der Waals surface area contributed by atoms with Gasteiger partial charge < -0.3 is 4.90 Å². The average Bonchev–Trinajstić information content (AvgIpc) is 3.27. The quantitative estimate of drug-likeness (QED) is 0.602. The van der Waals surface area contributed by atoms with Crippen LogP contribution in [0.3, 0.4) is 0 Å². The second-order valence-electron chi connectivity index (χ2n) is 7.32. The van der Waals surface area contributed by atoms with Gasteiger partial charge in [-0.05, 0) is 49.5 Å². The number of likely N-dealkylation sites (N-methyl/N-ethyl adjacent to an activating group) is 1. The molecule has 0 saturated heterocycles. The Morgan fingerprint density at radius 1 is 1.21 bits per heavy atom. The largest absolute Gasteiger partial charge is 0.302 e. The van der Waals surface area contributed by atoms with E-state index >= 15 is 0 Å². The van der Waals surface area contributed by atoms with Crippen molar-refractivity contribution in [3.63, 3.8) is 0 Å². The van der Waals surface area contributed by atoms with E-state index in [0.29, 0.717) is 24.4 Å². The standard InChI is InChI=1S/C22H26FN3OS/c1-3-25(4-2)12-13-26-19(14-15-8-5-6-10-17(15)23)24-21-20(22(26)27)16-9-7-11-18(16)28-21/h5-6,8,10H,3-4,7,9,11-14H2,1-2H3. The third-order valence-corrected chi connectivity index (χ3v) is 6.93. The van der Waals surface area contributed by atoms with Gasteiger partial charge in [0.15, 0.2) is 0 Å². The van der Waals surface area contributed by atoms with E-state index in [-0.39, 0.29) is 11.4 Å². The molecule has 4 rings (SSSR count). The molecule has 0 aliphatic heterocycles. The fourth-order valence-corrected chi connectivity index (χ4v) is 5.35. The van der Waals surface area contributed by atoms with Gasteiger partial charge in [-0.2, -0.15) is 0 Å². The summed E-state index contributed by atoms with van der Waals surface area (Å²) >= 11 is 1.64. The van der Waals surface area contributed by atoms with Crippen molar-refractivity contribution in [3.8, 4) is 0 Å². The van der Waals surface area contributed by atoms with E-state index in [4.69, 9.17) is 4.98 Å². The van der Waals surface area contributed by atoms with Gasteiger partial charge in [-0.3, -0.25) is 9.36 Å². The number of aryl methyl sites for hydroxylation is 2. The topological polar surface area (TPSA) is 38.1 Å². The van der Waals surface area contributed by atoms with E-state index in [2.05, 4.69) is 18.7 Å². The molecule has 0 atom stereocenters. The smallest absolute Gasteiger partial charge is 0.262 e. The van der Waals surface area contributed by atoms with Gasteiger partial charge in [-0.25, -0.2) is 9.37 Å². The van der Waals surface area contributed by atoms with Crippen LogP contribution >= 0.6 is 11.3 Å². The molecule has 3 aromatic rings. The second kappa shape index (κ2) is 8.13. The predicted octanol–water partition coefficient (Wildman–Crippen LogP) is 4.02. The third kappa shape index (κ3) is 3.51. The lowest BCUT2D eigenvalue weighted by Gasteiger charge is -2.20. The lowest BCUT2D eigenvalue weighted by Crippen LogP contribution is -2.33. The summed E-state index contributed by atoms with van der Waals surface area (Å²) in [7, 11) is 0. The molecular formula is C22H26FN3OS. The van der Waals surface area contributed by atoms with E-state index in [9.17, 15) is 9.18 Å². The summed E-state index contributed by atoms with van der Waals surface area (Å²) in [5, 5.41) is 0.800. The number of fused-ring (bicyclic) bond motifs is 3. The van der Waals surface area contributed by atoms with E-state index < -0.39 is 0 Å². The van der Waals surface area contributed by atoms with Crippen LogP contribution in [0, 0.1) is 5.82 Å². The maximum absolute atomic E-state index is 14.3. The number of aromatic nitrogens is 2. The van der Waals surface area contributed by atoms with Crippen molar-refractivity contribution in [2.24, 2.45) is 0 Å². The van der Waals surface area contributed by atoms with Crippen LogP contribution in [0.4, 0.5) is 4.39 Å². The number of halogens is 1. The first-order chi connectivity index (χ1) is 13.6. The van der Waals surface area contributed by atoms with Crippen LogP contribution in [0.15, 0.2) is 29.1 Å². The lowest BCUT2D eigenvalue weighted by molar-refractivity contribution is 0.287. The van der Waals surface area contributed by atoms with Gasteiger partial charge in [-0.1, -0.05) is 32.0 Å². The van der Waals surface area contributed by atoms with Crippen LogP contribution < -0.4 is 5.56 Å². The zero-order valence-electron chi connectivity index (χ0n) is 16.5. The molecule has 0 spiro atoms. The monoisotopic (exact) mass is 399 g/mol. The lowest BCUT2D eigenvalue weighted by atomic mass is 10.1. The van der Waals surface area contributed by atoms with Gasteiger partial charge in [-0.15, -0.1) is 11.3 Å². The van der Waals surface area contributed by atoms with Crippen LogP contribution in [0.2, 0.25) is 0 Å². The Bertz CT molecular complexity index is 1050. The highest BCUT2D eigenvalue weighted by atomic mass is 32.1. The summed E-state index contributed by atoms with van der Waals surface area (Å²) in [5.74, 6) is 0.412. The highest BCUT2D eigenvalue weighted by Gasteiger charge is 2.23. The Kier molecular flexibility index (Phi) is 5.60. The number of hydrogen-bond acceptors (Lipinski definition) is 4. The molecule has 148 valence electrons. The Balaban J connectivity index is 1.80. The van der Waals surface area contributed by atoms with Crippen molar-refractivity contribution < 1.29 is 4.39 Å². The van der Waals surface area contributed by atoms with Crippen LogP contribution in [0.1, 0.15) is 42.1 Å². The molecule has 4 nitrogen and oxygen atoms in total. The summed E-state index contributed by atoms with van der Waals surface area (Å²) in [5.41, 5.74) is 1.82. The van der Waals surface area contributed by atoms with E-state index in [1.54, 1.807) is 28.0 Å². The maximum Gasteiger partial charge on any atom is 0.262 e. The molecule has 0 N–H and O–H groups in total. The van der Waals surface area contributed by atoms with Crippen LogP contribution in [-0.2, 0) is 25.8 Å². The Labute approximate surface area is 168 Å². The third-order valence-electron chi connectivity index (χ3n) is 5.74. The minimum atomic E-state index is -0.249. The first kappa shape index (κ1) is 19.3. The Morgan fingerprint density at radius 3 is 2.75 bits per heavy atom. The molecule has 0 saturated carbocycles. The molecule has 0 radical (unpaired) electrons. The van der Waals surface area contributed by atoms with Gasteiger partial charge in [0.2, 0.25) is 0 Å². The number of nitrogens with zero attached hydrogens (tertiary/aromatic N) is 3. The van der Waals surface area contributed by atoms with E-state index in [1.807, 2.05) is 6.07 Å². The first-order valence-electron chi connectivity index (χ1n) is 10.1.